The Morgan fingerprint density at radius 1 is 1.11 bits per heavy atom. The van der Waals surface area contributed by atoms with Crippen LogP contribution in [0.2, 0.25) is 0 Å². The van der Waals surface area contributed by atoms with E-state index in [1.165, 1.54) is 5.56 Å². The molecule has 0 aliphatic heterocycles. The quantitative estimate of drug-likeness (QED) is 0.874. The van der Waals surface area contributed by atoms with E-state index in [9.17, 15) is 0 Å². The third-order valence-corrected chi connectivity index (χ3v) is 3.24. The molecule has 19 heavy (non-hydrogen) atoms. The van der Waals surface area contributed by atoms with Gasteiger partial charge >= 0.3 is 0 Å². The molecule has 0 fully saturated rings. The van der Waals surface area contributed by atoms with E-state index >= 15 is 0 Å². The molecule has 1 atom stereocenters. The van der Waals surface area contributed by atoms with Crippen molar-refractivity contribution in [3.63, 3.8) is 0 Å². The summed E-state index contributed by atoms with van der Waals surface area (Å²) < 4.78 is 5.92. The summed E-state index contributed by atoms with van der Waals surface area (Å²) in [6, 6.07) is 16.4. The predicted molar refractivity (Wildman–Crippen MR) is 79.7 cm³/mol. The van der Waals surface area contributed by atoms with E-state index in [4.69, 9.17) is 10.5 Å². The molecular formula is C17H21NO. The molecule has 0 spiro atoms. The minimum absolute atomic E-state index is 0.216. The number of hydrogen-bond acceptors (Lipinski definition) is 2. The van der Waals surface area contributed by atoms with Gasteiger partial charge in [-0.3, -0.25) is 0 Å². The van der Waals surface area contributed by atoms with Gasteiger partial charge in [0.25, 0.3) is 0 Å². The minimum atomic E-state index is 0.216. The summed E-state index contributed by atoms with van der Waals surface area (Å²) in [6.45, 7) is 4.16. The summed E-state index contributed by atoms with van der Waals surface area (Å²) in [7, 11) is 0. The van der Waals surface area contributed by atoms with E-state index < -0.39 is 0 Å². The number of benzene rings is 2. The molecule has 0 heterocycles. The Kier molecular flexibility index (Phi) is 4.58. The normalized spacial score (nSPS) is 12.2. The summed E-state index contributed by atoms with van der Waals surface area (Å²) in [5.74, 6) is 1.77. The molecule has 0 bridgehead atoms. The number of aryl methyl sites for hydroxylation is 1. The van der Waals surface area contributed by atoms with Crippen LogP contribution in [0.15, 0.2) is 48.5 Å². The molecule has 2 heteroatoms. The molecule has 0 aliphatic rings. The third kappa shape index (κ3) is 3.83. The first-order valence-corrected chi connectivity index (χ1v) is 6.77. The van der Waals surface area contributed by atoms with Gasteiger partial charge < -0.3 is 10.5 Å². The SMILES string of the molecule is CCC(N)Cc1cccc(Oc2ccccc2C)c1. The second-order valence-electron chi connectivity index (χ2n) is 4.89. The van der Waals surface area contributed by atoms with Crippen LogP contribution in [0.25, 0.3) is 0 Å². The van der Waals surface area contributed by atoms with Crippen molar-refractivity contribution in [3.8, 4) is 11.5 Å². The number of nitrogens with two attached hydrogens (primary N) is 1. The number of hydrogen-bond donors (Lipinski definition) is 1. The number of para-hydroxylation sites is 1. The Morgan fingerprint density at radius 2 is 1.89 bits per heavy atom. The first-order chi connectivity index (χ1) is 9.19. The van der Waals surface area contributed by atoms with Crippen LogP contribution in [0.1, 0.15) is 24.5 Å². The van der Waals surface area contributed by atoms with Gasteiger partial charge in [-0.1, -0.05) is 37.3 Å². The van der Waals surface area contributed by atoms with E-state index in [2.05, 4.69) is 19.1 Å². The van der Waals surface area contributed by atoms with Gasteiger partial charge in [-0.15, -0.1) is 0 Å². The summed E-state index contributed by atoms with van der Waals surface area (Å²) in [4.78, 5) is 0. The fourth-order valence-corrected chi connectivity index (χ4v) is 1.98. The number of rotatable bonds is 5. The minimum Gasteiger partial charge on any atom is -0.457 e. The van der Waals surface area contributed by atoms with Crippen LogP contribution < -0.4 is 10.5 Å². The zero-order valence-corrected chi connectivity index (χ0v) is 11.6. The topological polar surface area (TPSA) is 35.2 Å². The molecule has 0 aliphatic carbocycles. The first kappa shape index (κ1) is 13.6. The monoisotopic (exact) mass is 255 g/mol. The van der Waals surface area contributed by atoms with Crippen LogP contribution >= 0.6 is 0 Å². The molecule has 0 saturated heterocycles. The van der Waals surface area contributed by atoms with Crippen molar-refractivity contribution in [3.05, 3.63) is 59.7 Å². The van der Waals surface area contributed by atoms with Crippen LogP contribution in [-0.4, -0.2) is 6.04 Å². The first-order valence-electron chi connectivity index (χ1n) is 6.77. The standard InChI is InChI=1S/C17H21NO/c1-3-15(18)11-14-8-6-9-16(12-14)19-17-10-5-4-7-13(17)2/h4-10,12,15H,3,11,18H2,1-2H3. The fourth-order valence-electron chi connectivity index (χ4n) is 1.98. The molecule has 0 amide bonds. The van der Waals surface area contributed by atoms with Crippen molar-refractivity contribution < 1.29 is 4.74 Å². The summed E-state index contributed by atoms with van der Waals surface area (Å²) >= 11 is 0. The molecule has 100 valence electrons. The molecule has 0 aromatic heterocycles. The average Bonchev–Trinajstić information content (AvgIpc) is 2.42. The Bertz CT molecular complexity index is 536. The van der Waals surface area contributed by atoms with E-state index in [1.807, 2.05) is 43.3 Å². The molecule has 1 unspecified atom stereocenters. The second kappa shape index (κ2) is 6.39. The number of ether oxygens (including phenoxy) is 1. The highest BCUT2D eigenvalue weighted by Gasteiger charge is 2.04. The van der Waals surface area contributed by atoms with E-state index in [0.29, 0.717) is 0 Å². The van der Waals surface area contributed by atoms with Gasteiger partial charge in [0.15, 0.2) is 0 Å². The average molecular weight is 255 g/mol. The Hall–Kier alpha value is -1.80. The van der Waals surface area contributed by atoms with Gasteiger partial charge in [0.2, 0.25) is 0 Å². The van der Waals surface area contributed by atoms with Crippen molar-refractivity contribution in [1.29, 1.82) is 0 Å². The second-order valence-corrected chi connectivity index (χ2v) is 4.89. The van der Waals surface area contributed by atoms with Gasteiger partial charge in [-0.05, 0) is 49.1 Å². The van der Waals surface area contributed by atoms with Crippen LogP contribution in [0.3, 0.4) is 0 Å². The maximum absolute atomic E-state index is 5.99. The smallest absolute Gasteiger partial charge is 0.130 e. The summed E-state index contributed by atoms with van der Waals surface area (Å²) in [5.41, 5.74) is 8.35. The maximum atomic E-state index is 5.99. The molecular weight excluding hydrogens is 234 g/mol. The highest BCUT2D eigenvalue weighted by atomic mass is 16.5. The van der Waals surface area contributed by atoms with Crippen molar-refractivity contribution in [2.75, 3.05) is 0 Å². The van der Waals surface area contributed by atoms with Crippen LogP contribution in [0.4, 0.5) is 0 Å². The molecule has 2 aromatic rings. The van der Waals surface area contributed by atoms with Gasteiger partial charge in [-0.2, -0.15) is 0 Å². The zero-order valence-electron chi connectivity index (χ0n) is 11.6. The zero-order chi connectivity index (χ0) is 13.7. The predicted octanol–water partition coefficient (Wildman–Crippen LogP) is 4.07. The molecule has 2 N–H and O–H groups in total. The van der Waals surface area contributed by atoms with Crippen LogP contribution in [-0.2, 0) is 6.42 Å². The Labute approximate surface area is 115 Å². The molecule has 2 nitrogen and oxygen atoms in total. The lowest BCUT2D eigenvalue weighted by Gasteiger charge is -2.12. The maximum Gasteiger partial charge on any atom is 0.130 e. The largest absolute Gasteiger partial charge is 0.457 e. The van der Waals surface area contributed by atoms with Crippen molar-refractivity contribution in [2.24, 2.45) is 5.73 Å². The molecule has 0 radical (unpaired) electrons. The van der Waals surface area contributed by atoms with Gasteiger partial charge in [0.05, 0.1) is 0 Å². The fraction of sp³-hybridized carbons (Fsp3) is 0.294. The van der Waals surface area contributed by atoms with E-state index in [1.54, 1.807) is 0 Å². The lowest BCUT2D eigenvalue weighted by atomic mass is 10.0. The van der Waals surface area contributed by atoms with E-state index in [0.717, 1.165) is 29.9 Å². The van der Waals surface area contributed by atoms with Crippen molar-refractivity contribution in [2.45, 2.75) is 32.7 Å². The summed E-state index contributed by atoms with van der Waals surface area (Å²) in [6.07, 6.45) is 1.88. The van der Waals surface area contributed by atoms with Gasteiger partial charge in [0, 0.05) is 6.04 Å². The lowest BCUT2D eigenvalue weighted by molar-refractivity contribution is 0.478. The molecule has 0 saturated carbocycles. The highest BCUT2D eigenvalue weighted by Crippen LogP contribution is 2.25. The Balaban J connectivity index is 2.13. The van der Waals surface area contributed by atoms with Gasteiger partial charge in [0.1, 0.15) is 11.5 Å². The summed E-state index contributed by atoms with van der Waals surface area (Å²) in [5, 5.41) is 0. The van der Waals surface area contributed by atoms with Crippen molar-refractivity contribution >= 4 is 0 Å². The van der Waals surface area contributed by atoms with E-state index in [-0.39, 0.29) is 6.04 Å². The molecule has 2 rings (SSSR count). The van der Waals surface area contributed by atoms with Gasteiger partial charge in [-0.25, -0.2) is 0 Å². The van der Waals surface area contributed by atoms with Crippen LogP contribution in [0.5, 0.6) is 11.5 Å². The highest BCUT2D eigenvalue weighted by molar-refractivity contribution is 5.38. The molecule has 2 aromatic carbocycles. The third-order valence-electron chi connectivity index (χ3n) is 3.24. The van der Waals surface area contributed by atoms with Crippen LogP contribution in [0, 0.1) is 6.92 Å². The lowest BCUT2D eigenvalue weighted by Crippen LogP contribution is -2.21. The Morgan fingerprint density at radius 3 is 2.63 bits per heavy atom. The van der Waals surface area contributed by atoms with Crippen molar-refractivity contribution in [1.82, 2.24) is 0 Å².